The van der Waals surface area contributed by atoms with E-state index in [4.69, 9.17) is 4.74 Å². The van der Waals surface area contributed by atoms with E-state index in [0.29, 0.717) is 0 Å². The fraction of sp³-hybridized carbons (Fsp3) is 0.200. The molecule has 0 atom stereocenters. The second kappa shape index (κ2) is 5.86. The number of hydrogen-bond acceptors (Lipinski definition) is 2. The summed E-state index contributed by atoms with van der Waals surface area (Å²) in [5.41, 5.74) is 1.10. The van der Waals surface area contributed by atoms with Gasteiger partial charge in [0, 0.05) is 12.7 Å². The van der Waals surface area contributed by atoms with Crippen molar-refractivity contribution >= 4 is 5.69 Å². The first kappa shape index (κ1) is 14.2. The summed E-state index contributed by atoms with van der Waals surface area (Å²) in [6.07, 6.45) is -4.36. The molecule has 0 unspecified atom stereocenters. The van der Waals surface area contributed by atoms with Crippen LogP contribution in [0.2, 0.25) is 0 Å². The smallest absolute Gasteiger partial charge is 0.416 e. The van der Waals surface area contributed by atoms with Gasteiger partial charge in [0.15, 0.2) is 0 Å². The maximum atomic E-state index is 12.6. The largest absolute Gasteiger partial charge is 0.489 e. The van der Waals surface area contributed by atoms with E-state index in [-0.39, 0.29) is 12.4 Å². The average Bonchev–Trinajstić information content (AvgIpc) is 2.45. The van der Waals surface area contributed by atoms with E-state index in [1.54, 1.807) is 7.05 Å². The summed E-state index contributed by atoms with van der Waals surface area (Å²) in [6.45, 7) is 0.219. The first-order chi connectivity index (χ1) is 9.49. The molecule has 1 N–H and O–H groups in total. The third-order valence-corrected chi connectivity index (χ3v) is 2.78. The Morgan fingerprint density at radius 3 is 2.50 bits per heavy atom. The van der Waals surface area contributed by atoms with Crippen molar-refractivity contribution in [2.24, 2.45) is 0 Å². The Morgan fingerprint density at radius 1 is 1.05 bits per heavy atom. The molecule has 106 valence electrons. The Morgan fingerprint density at radius 2 is 1.80 bits per heavy atom. The Hall–Kier alpha value is -2.17. The van der Waals surface area contributed by atoms with Crippen LogP contribution in [0.1, 0.15) is 11.1 Å². The Bertz CT molecular complexity index is 581. The molecule has 0 radical (unpaired) electrons. The molecule has 5 heteroatoms. The molecule has 20 heavy (non-hydrogen) atoms. The highest BCUT2D eigenvalue weighted by atomic mass is 19.4. The highest BCUT2D eigenvalue weighted by Gasteiger charge is 2.30. The van der Waals surface area contributed by atoms with Crippen LogP contribution in [-0.4, -0.2) is 7.05 Å². The van der Waals surface area contributed by atoms with E-state index >= 15 is 0 Å². The van der Waals surface area contributed by atoms with Crippen molar-refractivity contribution in [3.05, 3.63) is 59.7 Å². The highest BCUT2D eigenvalue weighted by Crippen LogP contribution is 2.31. The minimum atomic E-state index is -4.36. The normalized spacial score (nSPS) is 11.2. The van der Waals surface area contributed by atoms with E-state index in [2.05, 4.69) is 5.32 Å². The lowest BCUT2D eigenvalue weighted by atomic mass is 10.2. The van der Waals surface area contributed by atoms with Gasteiger partial charge in [0.2, 0.25) is 0 Å². The summed E-state index contributed by atoms with van der Waals surface area (Å²) in [5.74, 6) is 0.203. The van der Waals surface area contributed by atoms with Crippen molar-refractivity contribution in [3.8, 4) is 5.75 Å². The SMILES string of the molecule is CNc1cccc(COc2cccc(C(F)(F)F)c2)c1. The van der Waals surface area contributed by atoms with Crippen molar-refractivity contribution in [2.75, 3.05) is 12.4 Å². The van der Waals surface area contributed by atoms with E-state index < -0.39 is 11.7 Å². The lowest BCUT2D eigenvalue weighted by Gasteiger charge is -2.11. The van der Waals surface area contributed by atoms with Crippen molar-refractivity contribution < 1.29 is 17.9 Å². The second-order valence-electron chi connectivity index (χ2n) is 4.26. The minimum Gasteiger partial charge on any atom is -0.489 e. The quantitative estimate of drug-likeness (QED) is 0.900. The van der Waals surface area contributed by atoms with Crippen molar-refractivity contribution in [1.82, 2.24) is 0 Å². The van der Waals surface area contributed by atoms with Crippen LogP contribution in [0.5, 0.6) is 5.75 Å². The lowest BCUT2D eigenvalue weighted by molar-refractivity contribution is -0.137. The molecule has 2 rings (SSSR count). The van der Waals surface area contributed by atoms with Gasteiger partial charge < -0.3 is 10.1 Å². The van der Waals surface area contributed by atoms with Crippen LogP contribution in [0.15, 0.2) is 48.5 Å². The van der Waals surface area contributed by atoms with Crippen LogP contribution < -0.4 is 10.1 Å². The molecule has 0 aliphatic carbocycles. The van der Waals surface area contributed by atoms with Gasteiger partial charge in [0.25, 0.3) is 0 Å². The number of hydrogen-bond donors (Lipinski definition) is 1. The maximum Gasteiger partial charge on any atom is 0.416 e. The summed E-state index contributed by atoms with van der Waals surface area (Å²) < 4.78 is 43.1. The Balaban J connectivity index is 2.07. The van der Waals surface area contributed by atoms with Gasteiger partial charge in [-0.3, -0.25) is 0 Å². The molecule has 0 aliphatic heterocycles. The first-order valence-corrected chi connectivity index (χ1v) is 6.06. The minimum absolute atomic E-state index is 0.203. The summed E-state index contributed by atoms with van der Waals surface area (Å²) in [7, 11) is 1.80. The zero-order valence-electron chi connectivity index (χ0n) is 10.9. The number of nitrogens with one attached hydrogen (secondary N) is 1. The zero-order valence-corrected chi connectivity index (χ0v) is 10.9. The molecule has 0 saturated carbocycles. The lowest BCUT2D eigenvalue weighted by Crippen LogP contribution is -2.05. The van der Waals surface area contributed by atoms with Crippen LogP contribution >= 0.6 is 0 Å². The number of anilines is 1. The van der Waals surface area contributed by atoms with Gasteiger partial charge in [0.1, 0.15) is 12.4 Å². The van der Waals surface area contributed by atoms with Gasteiger partial charge in [-0.25, -0.2) is 0 Å². The number of halogens is 3. The van der Waals surface area contributed by atoms with Gasteiger partial charge in [-0.15, -0.1) is 0 Å². The fourth-order valence-corrected chi connectivity index (χ4v) is 1.75. The molecular formula is C15H14F3NO. The van der Waals surface area contributed by atoms with Gasteiger partial charge in [-0.2, -0.15) is 13.2 Å². The van der Waals surface area contributed by atoms with Crippen molar-refractivity contribution in [2.45, 2.75) is 12.8 Å². The number of alkyl halides is 3. The molecule has 0 aromatic heterocycles. The number of ether oxygens (including phenoxy) is 1. The van der Waals surface area contributed by atoms with E-state index in [1.807, 2.05) is 24.3 Å². The highest BCUT2D eigenvalue weighted by molar-refractivity contribution is 5.45. The Kier molecular flexibility index (Phi) is 4.17. The molecule has 2 nitrogen and oxygen atoms in total. The van der Waals surface area contributed by atoms with Crippen LogP contribution in [0.4, 0.5) is 18.9 Å². The van der Waals surface area contributed by atoms with E-state index in [0.717, 1.165) is 23.4 Å². The zero-order chi connectivity index (χ0) is 14.6. The van der Waals surface area contributed by atoms with Gasteiger partial charge in [-0.05, 0) is 35.9 Å². The molecule has 0 heterocycles. The molecule has 0 amide bonds. The summed E-state index contributed by atoms with van der Waals surface area (Å²) >= 11 is 0. The standard InChI is InChI=1S/C15H14F3NO/c1-19-13-6-2-4-11(8-13)10-20-14-7-3-5-12(9-14)15(16,17)18/h2-9,19H,10H2,1H3. The van der Waals surface area contributed by atoms with E-state index in [9.17, 15) is 13.2 Å². The van der Waals surface area contributed by atoms with Crippen LogP contribution in [0.3, 0.4) is 0 Å². The monoisotopic (exact) mass is 281 g/mol. The first-order valence-electron chi connectivity index (χ1n) is 6.06. The average molecular weight is 281 g/mol. The number of rotatable bonds is 4. The molecule has 0 bridgehead atoms. The topological polar surface area (TPSA) is 21.3 Å². The van der Waals surface area contributed by atoms with E-state index in [1.165, 1.54) is 12.1 Å². The summed E-state index contributed by atoms with van der Waals surface area (Å²) in [6, 6.07) is 12.4. The molecule has 2 aromatic rings. The Labute approximate surface area is 115 Å². The predicted octanol–water partition coefficient (Wildman–Crippen LogP) is 4.33. The third-order valence-electron chi connectivity index (χ3n) is 2.78. The fourth-order valence-electron chi connectivity index (χ4n) is 1.75. The molecule has 0 aliphatic rings. The summed E-state index contributed by atoms with van der Waals surface area (Å²) in [4.78, 5) is 0. The van der Waals surface area contributed by atoms with Crippen LogP contribution in [0.25, 0.3) is 0 Å². The van der Waals surface area contributed by atoms with Gasteiger partial charge in [-0.1, -0.05) is 18.2 Å². The van der Waals surface area contributed by atoms with Crippen molar-refractivity contribution in [3.63, 3.8) is 0 Å². The molecule has 0 spiro atoms. The van der Waals surface area contributed by atoms with Crippen molar-refractivity contribution in [1.29, 1.82) is 0 Å². The molecule has 0 saturated heterocycles. The predicted molar refractivity (Wildman–Crippen MR) is 71.8 cm³/mol. The maximum absolute atomic E-state index is 12.6. The molecule has 0 fully saturated rings. The van der Waals surface area contributed by atoms with Gasteiger partial charge in [0.05, 0.1) is 5.56 Å². The summed E-state index contributed by atoms with van der Waals surface area (Å²) in [5, 5.41) is 2.99. The molecular weight excluding hydrogens is 267 g/mol. The molecule has 2 aromatic carbocycles. The van der Waals surface area contributed by atoms with Crippen LogP contribution in [-0.2, 0) is 12.8 Å². The third kappa shape index (κ3) is 3.66. The number of benzene rings is 2. The van der Waals surface area contributed by atoms with Gasteiger partial charge >= 0.3 is 6.18 Å². The van der Waals surface area contributed by atoms with Crippen LogP contribution in [0, 0.1) is 0 Å². The second-order valence-corrected chi connectivity index (χ2v) is 4.26.